The average Bonchev–Trinajstić information content (AvgIpc) is 2.91. The molecule has 2 aromatic rings. The fraction of sp³-hybridized carbons (Fsp3) is 0.273. The Morgan fingerprint density at radius 3 is 2.30 bits per heavy atom. The molecule has 0 radical (unpaired) electrons. The van der Waals surface area contributed by atoms with Crippen LogP contribution in [0.15, 0.2) is 60.7 Å². The summed E-state index contributed by atoms with van der Waals surface area (Å²) in [6.07, 6.45) is 2.07. The summed E-state index contributed by atoms with van der Waals surface area (Å²) in [6, 6.07) is 16.1. The summed E-state index contributed by atoms with van der Waals surface area (Å²) in [6.45, 7) is 3.88. The maximum atomic E-state index is 13.4. The van der Waals surface area contributed by atoms with Gasteiger partial charge >= 0.3 is 5.97 Å². The number of amides is 1. The van der Waals surface area contributed by atoms with Crippen molar-refractivity contribution in [2.75, 3.05) is 4.90 Å². The van der Waals surface area contributed by atoms with Crippen LogP contribution in [0, 0.1) is 17.3 Å². The van der Waals surface area contributed by atoms with Gasteiger partial charge in [0.15, 0.2) is 0 Å². The van der Waals surface area contributed by atoms with Crippen LogP contribution in [0.5, 0.6) is 0 Å². The third kappa shape index (κ3) is 2.76. The van der Waals surface area contributed by atoms with Crippen molar-refractivity contribution in [2.45, 2.75) is 19.9 Å². The molecule has 27 heavy (non-hydrogen) atoms. The van der Waals surface area contributed by atoms with Gasteiger partial charge in [-0.05, 0) is 40.8 Å². The third-order valence-corrected chi connectivity index (χ3v) is 5.88. The monoisotopic (exact) mass is 381 g/mol. The predicted molar refractivity (Wildman–Crippen MR) is 106 cm³/mol. The van der Waals surface area contributed by atoms with E-state index in [9.17, 15) is 14.7 Å². The molecule has 2 aromatic carbocycles. The number of allylic oxidation sites excluding steroid dienone is 1. The molecule has 1 aliphatic carbocycles. The number of rotatable bonds is 3. The van der Waals surface area contributed by atoms with Crippen molar-refractivity contribution in [3.05, 3.63) is 71.3 Å². The van der Waals surface area contributed by atoms with Crippen molar-refractivity contribution in [1.82, 2.24) is 0 Å². The van der Waals surface area contributed by atoms with Crippen LogP contribution in [-0.2, 0) is 9.59 Å². The van der Waals surface area contributed by atoms with Gasteiger partial charge in [-0.1, -0.05) is 61.9 Å². The van der Waals surface area contributed by atoms with Crippen molar-refractivity contribution < 1.29 is 14.7 Å². The molecule has 3 atom stereocenters. The standard InChI is InChI=1S/C22H20ClNO3/c1-22(2)12-16(13-6-4-3-5-7-13)19-17(21(26)27)18(22)20(25)24(19)15-10-8-14(23)9-11-15/h3-12,17-19H,1-2H3,(H,26,27). The zero-order valence-corrected chi connectivity index (χ0v) is 15.9. The number of hydrogen-bond acceptors (Lipinski definition) is 2. The maximum absolute atomic E-state index is 13.4. The number of carbonyl (C=O) groups excluding carboxylic acids is 1. The van der Waals surface area contributed by atoms with E-state index in [0.717, 1.165) is 11.1 Å². The van der Waals surface area contributed by atoms with E-state index in [4.69, 9.17) is 11.6 Å². The highest BCUT2D eigenvalue weighted by Gasteiger charge is 2.60. The average molecular weight is 382 g/mol. The molecule has 4 rings (SSSR count). The van der Waals surface area contributed by atoms with Crippen LogP contribution in [0.4, 0.5) is 5.69 Å². The predicted octanol–water partition coefficient (Wildman–Crippen LogP) is 4.50. The molecule has 138 valence electrons. The number of benzene rings is 2. The van der Waals surface area contributed by atoms with Crippen LogP contribution in [-0.4, -0.2) is 23.0 Å². The first-order valence-electron chi connectivity index (χ1n) is 8.91. The van der Waals surface area contributed by atoms with E-state index >= 15 is 0 Å². The Morgan fingerprint density at radius 1 is 1.07 bits per heavy atom. The van der Waals surface area contributed by atoms with Crippen LogP contribution in [0.1, 0.15) is 19.4 Å². The second-order valence-corrected chi connectivity index (χ2v) is 8.19. The summed E-state index contributed by atoms with van der Waals surface area (Å²) >= 11 is 6.01. The minimum absolute atomic E-state index is 0.151. The van der Waals surface area contributed by atoms with E-state index in [-0.39, 0.29) is 5.91 Å². The molecular formula is C22H20ClNO3. The minimum atomic E-state index is -0.940. The quantitative estimate of drug-likeness (QED) is 0.851. The zero-order chi connectivity index (χ0) is 19.3. The fourth-order valence-electron chi connectivity index (χ4n) is 4.52. The van der Waals surface area contributed by atoms with E-state index in [0.29, 0.717) is 10.7 Å². The molecule has 0 aromatic heterocycles. The molecule has 2 aliphatic rings. The molecule has 1 fully saturated rings. The first kappa shape index (κ1) is 17.8. The van der Waals surface area contributed by atoms with Gasteiger partial charge in [0.1, 0.15) is 0 Å². The molecule has 1 N–H and O–H groups in total. The fourth-order valence-corrected chi connectivity index (χ4v) is 4.65. The number of carboxylic acids is 1. The molecular weight excluding hydrogens is 362 g/mol. The van der Waals surface area contributed by atoms with Crippen LogP contribution in [0.3, 0.4) is 0 Å². The summed E-state index contributed by atoms with van der Waals surface area (Å²) in [7, 11) is 0. The van der Waals surface area contributed by atoms with E-state index in [1.165, 1.54) is 0 Å². The third-order valence-electron chi connectivity index (χ3n) is 5.63. The number of nitrogens with zero attached hydrogens (tertiary/aromatic N) is 1. The lowest BCUT2D eigenvalue weighted by atomic mass is 9.65. The van der Waals surface area contributed by atoms with Crippen LogP contribution >= 0.6 is 11.6 Å². The smallest absolute Gasteiger partial charge is 0.309 e. The van der Waals surface area contributed by atoms with Crippen molar-refractivity contribution in [3.63, 3.8) is 0 Å². The van der Waals surface area contributed by atoms with Gasteiger partial charge < -0.3 is 10.0 Å². The van der Waals surface area contributed by atoms with E-state index in [1.807, 2.05) is 44.2 Å². The molecule has 1 heterocycles. The number of halogens is 1. The molecule has 4 nitrogen and oxygen atoms in total. The highest BCUT2D eigenvalue weighted by molar-refractivity contribution is 6.30. The van der Waals surface area contributed by atoms with Crippen molar-refractivity contribution in [1.29, 1.82) is 0 Å². The summed E-state index contributed by atoms with van der Waals surface area (Å²) in [5.41, 5.74) is 1.92. The second-order valence-electron chi connectivity index (χ2n) is 7.76. The van der Waals surface area contributed by atoms with Gasteiger partial charge in [-0.2, -0.15) is 0 Å². The van der Waals surface area contributed by atoms with Gasteiger partial charge in [0.05, 0.1) is 17.9 Å². The Balaban J connectivity index is 1.93. The largest absolute Gasteiger partial charge is 0.481 e. The first-order chi connectivity index (χ1) is 12.8. The summed E-state index contributed by atoms with van der Waals surface area (Å²) in [5.74, 6) is -2.50. The topological polar surface area (TPSA) is 57.6 Å². The van der Waals surface area contributed by atoms with E-state index in [2.05, 4.69) is 6.08 Å². The Bertz CT molecular complexity index is 934. The zero-order valence-electron chi connectivity index (χ0n) is 15.1. The summed E-state index contributed by atoms with van der Waals surface area (Å²) in [4.78, 5) is 27.3. The number of fused-ring (bicyclic) bond motifs is 2. The maximum Gasteiger partial charge on any atom is 0.309 e. The number of anilines is 1. The van der Waals surface area contributed by atoms with E-state index < -0.39 is 29.3 Å². The molecule has 3 unspecified atom stereocenters. The normalized spacial score (nSPS) is 26.0. The number of carbonyl (C=O) groups is 2. The molecule has 1 saturated heterocycles. The number of carboxylic acid groups (broad SMARTS) is 1. The Labute approximate surface area is 163 Å². The van der Waals surface area contributed by atoms with Gasteiger partial charge in [0.25, 0.3) is 0 Å². The first-order valence-corrected chi connectivity index (χ1v) is 9.28. The number of hydrogen-bond donors (Lipinski definition) is 1. The lowest BCUT2D eigenvalue weighted by molar-refractivity contribution is -0.146. The van der Waals surface area contributed by atoms with Gasteiger partial charge in [0.2, 0.25) is 5.91 Å². The van der Waals surface area contributed by atoms with Crippen molar-refractivity contribution in [2.24, 2.45) is 17.3 Å². The SMILES string of the molecule is CC1(C)C=C(c2ccccc2)C2C(C(=O)O)C1C(=O)N2c1ccc(Cl)cc1. The van der Waals surface area contributed by atoms with Crippen molar-refractivity contribution in [3.8, 4) is 0 Å². The van der Waals surface area contributed by atoms with Crippen LogP contribution in [0.25, 0.3) is 5.57 Å². The highest BCUT2D eigenvalue weighted by atomic mass is 35.5. The molecule has 0 saturated carbocycles. The summed E-state index contributed by atoms with van der Waals surface area (Å²) in [5, 5.41) is 10.6. The Morgan fingerprint density at radius 2 is 1.70 bits per heavy atom. The highest BCUT2D eigenvalue weighted by Crippen LogP contribution is 2.53. The minimum Gasteiger partial charge on any atom is -0.481 e. The number of aliphatic carboxylic acids is 1. The lowest BCUT2D eigenvalue weighted by Gasteiger charge is -2.37. The second kappa shape index (κ2) is 6.24. The van der Waals surface area contributed by atoms with Gasteiger partial charge in [-0.3, -0.25) is 9.59 Å². The lowest BCUT2D eigenvalue weighted by Crippen LogP contribution is -2.42. The molecule has 0 spiro atoms. The van der Waals surface area contributed by atoms with Crippen LogP contribution in [0.2, 0.25) is 5.02 Å². The van der Waals surface area contributed by atoms with Crippen LogP contribution < -0.4 is 4.90 Å². The molecule has 5 heteroatoms. The van der Waals surface area contributed by atoms with Gasteiger partial charge in [-0.25, -0.2) is 0 Å². The van der Waals surface area contributed by atoms with Gasteiger partial charge in [-0.15, -0.1) is 0 Å². The van der Waals surface area contributed by atoms with E-state index in [1.54, 1.807) is 29.2 Å². The Kier molecular flexibility index (Phi) is 4.11. The van der Waals surface area contributed by atoms with Crippen molar-refractivity contribution >= 4 is 34.7 Å². The molecule has 1 amide bonds. The summed E-state index contributed by atoms with van der Waals surface area (Å²) < 4.78 is 0. The Hall–Kier alpha value is -2.59. The molecule has 2 bridgehead atoms. The van der Waals surface area contributed by atoms with Gasteiger partial charge in [0, 0.05) is 10.7 Å². The molecule has 1 aliphatic heterocycles.